The highest BCUT2D eigenvalue weighted by molar-refractivity contribution is 8.03. The van der Waals surface area contributed by atoms with Gasteiger partial charge in [-0.25, -0.2) is 4.79 Å². The number of allylic oxidation sites excluding steroid dienone is 1. The molecule has 32 heavy (non-hydrogen) atoms. The van der Waals surface area contributed by atoms with Crippen molar-refractivity contribution in [2.75, 3.05) is 31.2 Å². The van der Waals surface area contributed by atoms with Crippen molar-refractivity contribution in [3.05, 3.63) is 70.3 Å². The number of thioether (sulfide) groups is 1. The van der Waals surface area contributed by atoms with Crippen molar-refractivity contribution in [3.8, 4) is 11.8 Å². The van der Waals surface area contributed by atoms with E-state index in [9.17, 15) is 14.9 Å². The van der Waals surface area contributed by atoms with E-state index < -0.39 is 0 Å². The molecular formula is C24H23N3O4S. The molecule has 1 amide bonds. The van der Waals surface area contributed by atoms with Crippen LogP contribution in [0.3, 0.4) is 0 Å². The Bertz CT molecular complexity index is 1120. The molecule has 7 nitrogen and oxygen atoms in total. The van der Waals surface area contributed by atoms with E-state index in [4.69, 9.17) is 9.47 Å². The molecule has 0 aliphatic carbocycles. The van der Waals surface area contributed by atoms with E-state index in [0.29, 0.717) is 41.1 Å². The second-order valence-electron chi connectivity index (χ2n) is 7.41. The Hall–Kier alpha value is -3.44. The number of carbonyl (C=O) groups excluding carboxylic acids is 2. The molecule has 1 saturated heterocycles. The number of hydrogen-bond donors (Lipinski definition) is 0. The molecule has 2 aliphatic rings. The summed E-state index contributed by atoms with van der Waals surface area (Å²) in [6, 6.07) is 17.1. The highest BCUT2D eigenvalue weighted by Gasteiger charge is 2.38. The van der Waals surface area contributed by atoms with Crippen molar-refractivity contribution in [2.24, 2.45) is 0 Å². The second kappa shape index (κ2) is 9.37. The van der Waals surface area contributed by atoms with Crippen LogP contribution in [0.1, 0.15) is 35.2 Å². The minimum Gasteiger partial charge on any atom is -0.497 e. The second-order valence-corrected chi connectivity index (χ2v) is 8.34. The van der Waals surface area contributed by atoms with Crippen LogP contribution in [0.2, 0.25) is 0 Å². The number of ether oxygens (including phenoxy) is 2. The quantitative estimate of drug-likeness (QED) is 0.636. The number of fused-ring (bicyclic) bond motifs is 1. The van der Waals surface area contributed by atoms with Crippen LogP contribution in [-0.4, -0.2) is 43.0 Å². The maximum atomic E-state index is 13.1. The molecule has 1 atom stereocenters. The maximum Gasteiger partial charge on any atom is 0.338 e. The van der Waals surface area contributed by atoms with Gasteiger partial charge in [0.1, 0.15) is 5.75 Å². The van der Waals surface area contributed by atoms with Gasteiger partial charge in [-0.15, -0.1) is 0 Å². The van der Waals surface area contributed by atoms with E-state index >= 15 is 0 Å². The lowest BCUT2D eigenvalue weighted by atomic mass is 9.86. The fourth-order valence-electron chi connectivity index (χ4n) is 3.91. The minimum absolute atomic E-state index is 0.0365. The summed E-state index contributed by atoms with van der Waals surface area (Å²) in [5.74, 6) is 0.553. The molecule has 2 heterocycles. The summed E-state index contributed by atoms with van der Waals surface area (Å²) in [6.07, 6.45) is 0.219. The zero-order valence-electron chi connectivity index (χ0n) is 17.9. The number of nitrogens with zero attached hydrogens (tertiary/aromatic N) is 3. The molecule has 164 valence electrons. The Morgan fingerprint density at radius 1 is 1.25 bits per heavy atom. The molecular weight excluding hydrogens is 426 g/mol. The Morgan fingerprint density at radius 3 is 2.81 bits per heavy atom. The smallest absolute Gasteiger partial charge is 0.338 e. The fraction of sp³-hybridized carbons (Fsp3) is 0.292. The van der Waals surface area contributed by atoms with E-state index in [0.717, 1.165) is 11.3 Å². The standard InChI is InChI=1S/C24H23N3O4S/c1-3-31-24(29)17-7-4-8-18(10-17)26-14-27-22(28)12-20(21(13-25)23(27)32-15-26)16-6-5-9-19(11-16)30-2/h4-11,20H,3,12,14-15H2,1-2H3. The molecule has 0 aromatic heterocycles. The normalized spacial score (nSPS) is 18.2. The van der Waals surface area contributed by atoms with Gasteiger partial charge in [0.05, 0.1) is 48.5 Å². The van der Waals surface area contributed by atoms with Crippen LogP contribution in [0.15, 0.2) is 59.1 Å². The average molecular weight is 450 g/mol. The van der Waals surface area contributed by atoms with Crippen LogP contribution in [0, 0.1) is 11.3 Å². The first-order valence-corrected chi connectivity index (χ1v) is 11.3. The zero-order chi connectivity index (χ0) is 22.7. The van der Waals surface area contributed by atoms with E-state index in [1.807, 2.05) is 35.2 Å². The lowest BCUT2D eigenvalue weighted by Gasteiger charge is -2.42. The van der Waals surface area contributed by atoms with Crippen molar-refractivity contribution in [1.29, 1.82) is 5.26 Å². The number of amides is 1. The lowest BCUT2D eigenvalue weighted by Crippen LogP contribution is -2.47. The van der Waals surface area contributed by atoms with E-state index in [-0.39, 0.29) is 24.2 Å². The fourth-order valence-corrected chi connectivity index (χ4v) is 5.08. The van der Waals surface area contributed by atoms with Crippen LogP contribution in [0.5, 0.6) is 5.75 Å². The Kier molecular flexibility index (Phi) is 6.37. The van der Waals surface area contributed by atoms with Crippen LogP contribution in [-0.2, 0) is 9.53 Å². The molecule has 0 bridgehead atoms. The van der Waals surface area contributed by atoms with Gasteiger partial charge in [0.25, 0.3) is 0 Å². The van der Waals surface area contributed by atoms with Crippen molar-refractivity contribution in [1.82, 2.24) is 4.90 Å². The number of methoxy groups -OCH3 is 1. The Balaban J connectivity index is 1.61. The van der Waals surface area contributed by atoms with E-state index in [1.165, 1.54) is 11.8 Å². The zero-order valence-corrected chi connectivity index (χ0v) is 18.7. The summed E-state index contributed by atoms with van der Waals surface area (Å²) < 4.78 is 10.4. The first kappa shape index (κ1) is 21.8. The number of carbonyl (C=O) groups is 2. The highest BCUT2D eigenvalue weighted by Crippen LogP contribution is 2.43. The van der Waals surface area contributed by atoms with Gasteiger partial charge in [-0.3, -0.25) is 9.69 Å². The summed E-state index contributed by atoms with van der Waals surface area (Å²) in [5.41, 5.74) is 2.79. The number of hydrogen-bond acceptors (Lipinski definition) is 7. The molecule has 2 aromatic carbocycles. The number of esters is 1. The van der Waals surface area contributed by atoms with E-state index in [2.05, 4.69) is 6.07 Å². The van der Waals surface area contributed by atoms with Gasteiger partial charge in [0, 0.05) is 18.0 Å². The molecule has 0 saturated carbocycles. The highest BCUT2D eigenvalue weighted by atomic mass is 32.2. The van der Waals surface area contributed by atoms with Gasteiger partial charge in [-0.1, -0.05) is 30.0 Å². The van der Waals surface area contributed by atoms with Gasteiger partial charge < -0.3 is 14.4 Å². The molecule has 8 heteroatoms. The van der Waals surface area contributed by atoms with Crippen molar-refractivity contribution in [3.63, 3.8) is 0 Å². The van der Waals surface area contributed by atoms with Gasteiger partial charge in [0.15, 0.2) is 0 Å². The number of anilines is 1. The summed E-state index contributed by atoms with van der Waals surface area (Å²) in [5, 5.41) is 10.7. The Labute approximate surface area is 191 Å². The predicted octanol–water partition coefficient (Wildman–Crippen LogP) is 4.09. The van der Waals surface area contributed by atoms with Crippen LogP contribution < -0.4 is 9.64 Å². The van der Waals surface area contributed by atoms with Crippen molar-refractivity contribution >= 4 is 29.3 Å². The topological polar surface area (TPSA) is 82.9 Å². The minimum atomic E-state index is -0.374. The Morgan fingerprint density at radius 2 is 2.06 bits per heavy atom. The van der Waals surface area contributed by atoms with Crippen molar-refractivity contribution < 1.29 is 19.1 Å². The third-order valence-corrected chi connectivity index (χ3v) is 6.67. The lowest BCUT2D eigenvalue weighted by molar-refractivity contribution is -0.129. The van der Waals surface area contributed by atoms with Crippen LogP contribution in [0.25, 0.3) is 0 Å². The van der Waals surface area contributed by atoms with Gasteiger partial charge in [-0.2, -0.15) is 5.26 Å². The first-order valence-electron chi connectivity index (χ1n) is 10.3. The molecule has 0 N–H and O–H groups in total. The van der Waals surface area contributed by atoms with Crippen LogP contribution in [0.4, 0.5) is 5.69 Å². The molecule has 4 rings (SSSR count). The van der Waals surface area contributed by atoms with Gasteiger partial charge >= 0.3 is 5.97 Å². The average Bonchev–Trinajstić information content (AvgIpc) is 2.84. The SMILES string of the molecule is CCOC(=O)c1cccc(N2CSC3=C(C#N)C(c4cccc(OC)c4)CC(=O)N3C2)c1. The molecule has 0 spiro atoms. The molecule has 2 aromatic rings. The van der Waals surface area contributed by atoms with Gasteiger partial charge in [0.2, 0.25) is 5.91 Å². The molecule has 0 radical (unpaired) electrons. The molecule has 1 fully saturated rings. The summed E-state index contributed by atoms with van der Waals surface area (Å²) in [7, 11) is 1.60. The largest absolute Gasteiger partial charge is 0.497 e. The monoisotopic (exact) mass is 449 g/mol. The molecule has 1 unspecified atom stereocenters. The van der Waals surface area contributed by atoms with Crippen molar-refractivity contribution in [2.45, 2.75) is 19.3 Å². The summed E-state index contributed by atoms with van der Waals surface area (Å²) >= 11 is 1.46. The van der Waals surface area contributed by atoms with E-state index in [1.54, 1.807) is 37.1 Å². The van der Waals surface area contributed by atoms with Crippen LogP contribution >= 0.6 is 11.8 Å². The first-order chi connectivity index (χ1) is 15.5. The van der Waals surface area contributed by atoms with Gasteiger partial charge in [-0.05, 0) is 42.8 Å². The number of nitriles is 1. The number of benzene rings is 2. The number of rotatable bonds is 5. The summed E-state index contributed by atoms with van der Waals surface area (Å²) in [6.45, 7) is 2.40. The molecule has 2 aliphatic heterocycles. The third kappa shape index (κ3) is 4.16. The summed E-state index contributed by atoms with van der Waals surface area (Å²) in [4.78, 5) is 28.9. The predicted molar refractivity (Wildman–Crippen MR) is 122 cm³/mol. The maximum absolute atomic E-state index is 13.1. The third-order valence-electron chi connectivity index (χ3n) is 5.51.